The fraction of sp³-hybridized carbons (Fsp3) is 0.200. The molecule has 0 amide bonds. The van der Waals surface area contributed by atoms with E-state index in [2.05, 4.69) is 14.5 Å². The highest BCUT2D eigenvalue weighted by Crippen LogP contribution is 2.18. The molecular formula is C15H13FN4O5S. The number of benzene rings is 1. The number of carbonyl (C=O) groups excluding carboxylic acids is 1. The Kier molecular flexibility index (Phi) is 4.55. The van der Waals surface area contributed by atoms with Crippen LogP contribution in [0.25, 0.3) is 11.4 Å². The zero-order valence-electron chi connectivity index (χ0n) is 13.7. The Balaban J connectivity index is 1.69. The number of esters is 1. The highest BCUT2D eigenvalue weighted by atomic mass is 32.2. The molecule has 2 aromatic rings. The molecule has 2 heterocycles. The standard InChI is InChI=1S/C15H13FN4O5S/c1-9-12(7-20(2)26(22,23)19-9)15(21)24-8-13-17-14(18-25-13)10-4-3-5-11(16)6-10/h3-7H,8H2,1-2H3. The number of ether oxygens (including phenoxy) is 1. The van der Waals surface area contributed by atoms with Gasteiger partial charge in [-0.05, 0) is 19.1 Å². The number of rotatable bonds is 4. The lowest BCUT2D eigenvalue weighted by atomic mass is 10.2. The van der Waals surface area contributed by atoms with E-state index in [-0.39, 0.29) is 29.6 Å². The molecule has 0 spiro atoms. The van der Waals surface area contributed by atoms with Gasteiger partial charge in [-0.3, -0.25) is 4.31 Å². The van der Waals surface area contributed by atoms with E-state index in [9.17, 15) is 17.6 Å². The Hall–Kier alpha value is -3.08. The van der Waals surface area contributed by atoms with Gasteiger partial charge in [-0.1, -0.05) is 17.3 Å². The second-order valence-electron chi connectivity index (χ2n) is 5.31. The van der Waals surface area contributed by atoms with Crippen molar-refractivity contribution in [3.63, 3.8) is 0 Å². The van der Waals surface area contributed by atoms with Gasteiger partial charge in [0.05, 0.1) is 11.3 Å². The van der Waals surface area contributed by atoms with Gasteiger partial charge in [0, 0.05) is 18.8 Å². The molecule has 11 heteroatoms. The Morgan fingerprint density at radius 1 is 1.38 bits per heavy atom. The maximum Gasteiger partial charge on any atom is 0.344 e. The van der Waals surface area contributed by atoms with Crippen molar-refractivity contribution in [2.24, 2.45) is 4.40 Å². The predicted molar refractivity (Wildman–Crippen MR) is 87.4 cm³/mol. The lowest BCUT2D eigenvalue weighted by Crippen LogP contribution is -2.29. The first-order valence-corrected chi connectivity index (χ1v) is 8.68. The van der Waals surface area contributed by atoms with Gasteiger partial charge in [-0.25, -0.2) is 9.18 Å². The number of nitrogens with zero attached hydrogens (tertiary/aromatic N) is 4. The van der Waals surface area contributed by atoms with E-state index < -0.39 is 22.0 Å². The fourth-order valence-electron chi connectivity index (χ4n) is 2.09. The molecule has 0 fully saturated rings. The molecule has 9 nitrogen and oxygen atoms in total. The van der Waals surface area contributed by atoms with Crippen LogP contribution >= 0.6 is 0 Å². The van der Waals surface area contributed by atoms with Crippen LogP contribution in [0.4, 0.5) is 4.39 Å². The lowest BCUT2D eigenvalue weighted by Gasteiger charge is -2.18. The van der Waals surface area contributed by atoms with Crippen LogP contribution in [-0.4, -0.2) is 41.6 Å². The van der Waals surface area contributed by atoms with Crippen LogP contribution in [0.2, 0.25) is 0 Å². The topological polar surface area (TPSA) is 115 Å². The van der Waals surface area contributed by atoms with Crippen LogP contribution in [-0.2, 0) is 26.3 Å². The van der Waals surface area contributed by atoms with Crippen molar-refractivity contribution in [2.75, 3.05) is 7.05 Å². The average molecular weight is 380 g/mol. The first kappa shape index (κ1) is 17.7. The summed E-state index contributed by atoms with van der Waals surface area (Å²) in [5, 5.41) is 3.69. The van der Waals surface area contributed by atoms with Crippen LogP contribution in [0.1, 0.15) is 12.8 Å². The molecule has 0 bridgehead atoms. The van der Waals surface area contributed by atoms with Gasteiger partial charge in [0.2, 0.25) is 5.82 Å². The molecule has 0 aliphatic carbocycles. The van der Waals surface area contributed by atoms with Gasteiger partial charge in [-0.15, -0.1) is 4.40 Å². The molecule has 0 saturated heterocycles. The zero-order valence-corrected chi connectivity index (χ0v) is 14.5. The van der Waals surface area contributed by atoms with Crippen molar-refractivity contribution in [3.8, 4) is 11.4 Å². The minimum absolute atomic E-state index is 0.00425. The van der Waals surface area contributed by atoms with Crippen LogP contribution in [0.15, 0.2) is 45.0 Å². The maximum absolute atomic E-state index is 13.2. The Bertz CT molecular complexity index is 1030. The third kappa shape index (κ3) is 3.61. The van der Waals surface area contributed by atoms with Gasteiger partial charge in [0.25, 0.3) is 5.89 Å². The predicted octanol–water partition coefficient (Wildman–Crippen LogP) is 1.45. The largest absolute Gasteiger partial charge is 0.452 e. The summed E-state index contributed by atoms with van der Waals surface area (Å²) in [5.74, 6) is -1.09. The van der Waals surface area contributed by atoms with Crippen molar-refractivity contribution < 1.29 is 26.9 Å². The molecule has 136 valence electrons. The molecule has 0 unspecified atom stereocenters. The molecule has 0 atom stereocenters. The van der Waals surface area contributed by atoms with Crippen molar-refractivity contribution in [1.29, 1.82) is 0 Å². The second kappa shape index (κ2) is 6.67. The number of aromatic nitrogens is 2. The third-order valence-electron chi connectivity index (χ3n) is 3.41. The van der Waals surface area contributed by atoms with Crippen LogP contribution in [0.5, 0.6) is 0 Å². The molecule has 1 aliphatic rings. The van der Waals surface area contributed by atoms with Gasteiger partial charge in [0.1, 0.15) is 5.82 Å². The molecular weight excluding hydrogens is 367 g/mol. The molecule has 0 N–H and O–H groups in total. The smallest absolute Gasteiger partial charge is 0.344 e. The fourth-order valence-corrected chi connectivity index (χ4v) is 2.90. The molecule has 0 radical (unpaired) electrons. The maximum atomic E-state index is 13.2. The average Bonchev–Trinajstić information content (AvgIpc) is 3.04. The number of hydrogen-bond acceptors (Lipinski definition) is 7. The SMILES string of the molecule is CC1=NS(=O)(=O)N(C)C=C1C(=O)OCc1nc(-c2cccc(F)c2)no1. The van der Waals surface area contributed by atoms with Gasteiger partial charge >= 0.3 is 16.2 Å². The minimum atomic E-state index is -3.81. The van der Waals surface area contributed by atoms with Crippen LogP contribution < -0.4 is 0 Å². The van der Waals surface area contributed by atoms with E-state index in [1.165, 1.54) is 32.2 Å². The second-order valence-corrected chi connectivity index (χ2v) is 6.97. The van der Waals surface area contributed by atoms with Gasteiger partial charge in [-0.2, -0.15) is 13.4 Å². The minimum Gasteiger partial charge on any atom is -0.452 e. The summed E-state index contributed by atoms with van der Waals surface area (Å²) < 4.78 is 50.7. The molecule has 26 heavy (non-hydrogen) atoms. The lowest BCUT2D eigenvalue weighted by molar-refractivity contribution is -0.140. The summed E-state index contributed by atoms with van der Waals surface area (Å²) in [6, 6.07) is 5.63. The Morgan fingerprint density at radius 2 is 2.15 bits per heavy atom. The van der Waals surface area contributed by atoms with Gasteiger partial charge in [0.15, 0.2) is 6.61 Å². The van der Waals surface area contributed by atoms with Crippen molar-refractivity contribution >= 4 is 21.9 Å². The number of carbonyl (C=O) groups is 1. The van der Waals surface area contributed by atoms with E-state index in [1.807, 2.05) is 0 Å². The Morgan fingerprint density at radius 3 is 2.88 bits per heavy atom. The highest BCUT2D eigenvalue weighted by Gasteiger charge is 2.26. The molecule has 1 aliphatic heterocycles. The number of hydrogen-bond donors (Lipinski definition) is 0. The molecule has 1 aromatic carbocycles. The van der Waals surface area contributed by atoms with Crippen molar-refractivity contribution in [3.05, 3.63) is 47.7 Å². The Labute approximate surface area is 148 Å². The van der Waals surface area contributed by atoms with Crippen molar-refractivity contribution in [1.82, 2.24) is 14.4 Å². The summed E-state index contributed by atoms with van der Waals surface area (Å²) >= 11 is 0. The van der Waals surface area contributed by atoms with Crippen molar-refractivity contribution in [2.45, 2.75) is 13.5 Å². The van der Waals surface area contributed by atoms with E-state index in [0.29, 0.717) is 5.56 Å². The quantitative estimate of drug-likeness (QED) is 0.737. The molecule has 0 saturated carbocycles. The number of halogens is 1. The summed E-state index contributed by atoms with van der Waals surface area (Å²) in [7, 11) is -2.56. The summed E-state index contributed by atoms with van der Waals surface area (Å²) in [4.78, 5) is 16.1. The van der Waals surface area contributed by atoms with Gasteiger partial charge < -0.3 is 9.26 Å². The third-order valence-corrected chi connectivity index (χ3v) is 4.75. The van der Waals surface area contributed by atoms with Crippen LogP contribution in [0.3, 0.4) is 0 Å². The first-order valence-electron chi connectivity index (χ1n) is 7.28. The van der Waals surface area contributed by atoms with E-state index >= 15 is 0 Å². The zero-order chi connectivity index (χ0) is 18.9. The summed E-state index contributed by atoms with van der Waals surface area (Å²) in [6.45, 7) is 1.05. The molecule has 1 aromatic heterocycles. The first-order chi connectivity index (χ1) is 12.3. The normalized spacial score (nSPS) is 16.0. The summed E-state index contributed by atoms with van der Waals surface area (Å²) in [5.41, 5.74) is 0.419. The molecule has 3 rings (SSSR count). The van der Waals surface area contributed by atoms with E-state index in [1.54, 1.807) is 6.07 Å². The summed E-state index contributed by atoms with van der Waals surface area (Å²) in [6.07, 6.45) is 1.12. The monoisotopic (exact) mass is 380 g/mol. The van der Waals surface area contributed by atoms with E-state index in [4.69, 9.17) is 9.26 Å². The van der Waals surface area contributed by atoms with Crippen LogP contribution in [0, 0.1) is 5.82 Å². The highest BCUT2D eigenvalue weighted by molar-refractivity contribution is 7.88. The van der Waals surface area contributed by atoms with E-state index in [0.717, 1.165) is 10.5 Å².